The van der Waals surface area contributed by atoms with Gasteiger partial charge in [0.25, 0.3) is 0 Å². The van der Waals surface area contributed by atoms with Crippen molar-refractivity contribution in [1.82, 2.24) is 5.32 Å². The molecule has 3 N–H and O–H groups in total. The standard InChI is InChI=1S/C14H18ClFN2O/c15-12-6-9(4-5-13(12)16)8-18-14(19)11-3-1-2-10(11)7-17/h4-6,10-11H,1-3,7-8,17H2,(H,18,19). The monoisotopic (exact) mass is 284 g/mol. The fourth-order valence-corrected chi connectivity index (χ4v) is 2.84. The average Bonchev–Trinajstić information content (AvgIpc) is 2.88. The molecular weight excluding hydrogens is 267 g/mol. The molecule has 2 rings (SSSR count). The van der Waals surface area contributed by atoms with Crippen LogP contribution in [0.15, 0.2) is 18.2 Å². The van der Waals surface area contributed by atoms with E-state index in [0.717, 1.165) is 24.8 Å². The number of nitrogens with two attached hydrogens (primary N) is 1. The lowest BCUT2D eigenvalue weighted by molar-refractivity contribution is -0.126. The molecule has 3 nitrogen and oxygen atoms in total. The maximum atomic E-state index is 13.0. The van der Waals surface area contributed by atoms with Gasteiger partial charge in [-0.2, -0.15) is 0 Å². The molecule has 0 heterocycles. The molecule has 19 heavy (non-hydrogen) atoms. The zero-order chi connectivity index (χ0) is 13.8. The van der Waals surface area contributed by atoms with Gasteiger partial charge >= 0.3 is 0 Å². The quantitative estimate of drug-likeness (QED) is 0.892. The zero-order valence-electron chi connectivity index (χ0n) is 10.7. The SMILES string of the molecule is NCC1CCCC1C(=O)NCc1ccc(F)c(Cl)c1. The molecule has 0 saturated heterocycles. The normalized spacial score (nSPS) is 22.5. The van der Waals surface area contributed by atoms with E-state index in [9.17, 15) is 9.18 Å². The Hall–Kier alpha value is -1.13. The van der Waals surface area contributed by atoms with E-state index in [4.69, 9.17) is 17.3 Å². The highest BCUT2D eigenvalue weighted by Crippen LogP contribution is 2.31. The van der Waals surface area contributed by atoms with E-state index < -0.39 is 5.82 Å². The maximum absolute atomic E-state index is 13.0. The number of amides is 1. The molecule has 2 unspecified atom stereocenters. The van der Waals surface area contributed by atoms with E-state index in [1.807, 2.05) is 0 Å². The minimum absolute atomic E-state index is 0.0147. The topological polar surface area (TPSA) is 55.1 Å². The average molecular weight is 285 g/mol. The first-order valence-electron chi connectivity index (χ1n) is 6.53. The summed E-state index contributed by atoms with van der Waals surface area (Å²) in [6.45, 7) is 0.924. The first kappa shape index (κ1) is 14.3. The molecule has 104 valence electrons. The highest BCUT2D eigenvalue weighted by atomic mass is 35.5. The molecule has 1 aromatic carbocycles. The fraction of sp³-hybridized carbons (Fsp3) is 0.500. The molecule has 1 aromatic rings. The highest BCUT2D eigenvalue weighted by Gasteiger charge is 2.31. The van der Waals surface area contributed by atoms with E-state index in [2.05, 4.69) is 5.32 Å². The number of hydrogen-bond donors (Lipinski definition) is 2. The third kappa shape index (κ3) is 3.45. The van der Waals surface area contributed by atoms with Crippen LogP contribution >= 0.6 is 11.6 Å². The van der Waals surface area contributed by atoms with Crippen molar-refractivity contribution in [2.75, 3.05) is 6.54 Å². The summed E-state index contributed by atoms with van der Waals surface area (Å²) >= 11 is 5.70. The lowest BCUT2D eigenvalue weighted by atomic mass is 9.95. The van der Waals surface area contributed by atoms with Crippen molar-refractivity contribution in [3.63, 3.8) is 0 Å². The van der Waals surface area contributed by atoms with Gasteiger partial charge in [-0.3, -0.25) is 4.79 Å². The van der Waals surface area contributed by atoms with Crippen LogP contribution in [0.5, 0.6) is 0 Å². The number of carbonyl (C=O) groups is 1. The van der Waals surface area contributed by atoms with Crippen molar-refractivity contribution >= 4 is 17.5 Å². The second-order valence-corrected chi connectivity index (χ2v) is 5.41. The van der Waals surface area contributed by atoms with E-state index in [1.165, 1.54) is 12.1 Å². The minimum atomic E-state index is -0.448. The van der Waals surface area contributed by atoms with Crippen molar-refractivity contribution in [3.05, 3.63) is 34.6 Å². The van der Waals surface area contributed by atoms with Gasteiger partial charge in [0.2, 0.25) is 5.91 Å². The van der Waals surface area contributed by atoms with Crippen molar-refractivity contribution < 1.29 is 9.18 Å². The van der Waals surface area contributed by atoms with Gasteiger partial charge in [-0.15, -0.1) is 0 Å². The summed E-state index contributed by atoms with van der Waals surface area (Å²) in [7, 11) is 0. The summed E-state index contributed by atoms with van der Waals surface area (Å²) in [6.07, 6.45) is 2.98. The van der Waals surface area contributed by atoms with Crippen molar-refractivity contribution in [3.8, 4) is 0 Å². The van der Waals surface area contributed by atoms with E-state index in [1.54, 1.807) is 6.07 Å². The molecule has 0 aliphatic heterocycles. The van der Waals surface area contributed by atoms with Crippen LogP contribution in [-0.4, -0.2) is 12.5 Å². The van der Waals surface area contributed by atoms with Crippen molar-refractivity contribution in [2.24, 2.45) is 17.6 Å². The van der Waals surface area contributed by atoms with Gasteiger partial charge in [0, 0.05) is 12.5 Å². The van der Waals surface area contributed by atoms with Crippen LogP contribution in [0.2, 0.25) is 5.02 Å². The van der Waals surface area contributed by atoms with Gasteiger partial charge in [0.15, 0.2) is 0 Å². The third-order valence-electron chi connectivity index (χ3n) is 3.75. The van der Waals surface area contributed by atoms with Crippen LogP contribution in [0.1, 0.15) is 24.8 Å². The lowest BCUT2D eigenvalue weighted by Gasteiger charge is -2.17. The number of hydrogen-bond acceptors (Lipinski definition) is 2. The highest BCUT2D eigenvalue weighted by molar-refractivity contribution is 6.30. The van der Waals surface area contributed by atoms with Gasteiger partial charge in [-0.25, -0.2) is 4.39 Å². The summed E-state index contributed by atoms with van der Waals surface area (Å²) < 4.78 is 13.0. The Morgan fingerprint density at radius 1 is 1.47 bits per heavy atom. The summed E-state index contributed by atoms with van der Waals surface area (Å²) in [5.41, 5.74) is 6.46. The van der Waals surface area contributed by atoms with Crippen LogP contribution in [0.25, 0.3) is 0 Å². The molecule has 2 atom stereocenters. The first-order valence-corrected chi connectivity index (χ1v) is 6.91. The number of rotatable bonds is 4. The Bertz CT molecular complexity index is 467. The molecule has 1 aliphatic carbocycles. The largest absolute Gasteiger partial charge is 0.352 e. The van der Waals surface area contributed by atoms with Crippen LogP contribution in [0, 0.1) is 17.7 Å². The number of halogens is 2. The second kappa shape index (κ2) is 6.35. The molecule has 1 fully saturated rings. The molecule has 1 aliphatic rings. The van der Waals surface area contributed by atoms with Crippen LogP contribution in [0.3, 0.4) is 0 Å². The molecular formula is C14H18ClFN2O. The zero-order valence-corrected chi connectivity index (χ0v) is 11.4. The van der Waals surface area contributed by atoms with Gasteiger partial charge in [-0.1, -0.05) is 24.1 Å². The maximum Gasteiger partial charge on any atom is 0.223 e. The Balaban J connectivity index is 1.91. The Morgan fingerprint density at radius 2 is 2.26 bits per heavy atom. The Morgan fingerprint density at radius 3 is 2.95 bits per heavy atom. The molecule has 1 saturated carbocycles. The minimum Gasteiger partial charge on any atom is -0.352 e. The third-order valence-corrected chi connectivity index (χ3v) is 4.04. The number of carbonyl (C=O) groups excluding carboxylic acids is 1. The van der Waals surface area contributed by atoms with E-state index in [-0.39, 0.29) is 22.8 Å². The number of benzene rings is 1. The molecule has 0 spiro atoms. The Kier molecular flexibility index (Phi) is 4.77. The summed E-state index contributed by atoms with van der Waals surface area (Å²) in [5, 5.41) is 2.95. The van der Waals surface area contributed by atoms with Crippen molar-refractivity contribution in [1.29, 1.82) is 0 Å². The molecule has 0 radical (unpaired) electrons. The number of nitrogens with one attached hydrogen (secondary N) is 1. The summed E-state index contributed by atoms with van der Waals surface area (Å²) in [4.78, 5) is 12.1. The predicted octanol–water partition coefficient (Wildman–Crippen LogP) is 2.47. The Labute approximate surface area is 117 Å². The van der Waals surface area contributed by atoms with Crippen molar-refractivity contribution in [2.45, 2.75) is 25.8 Å². The summed E-state index contributed by atoms with van der Waals surface area (Å²) in [5.74, 6) is -0.109. The lowest BCUT2D eigenvalue weighted by Crippen LogP contribution is -2.34. The van der Waals surface area contributed by atoms with E-state index in [0.29, 0.717) is 13.1 Å². The van der Waals surface area contributed by atoms with Gasteiger partial charge in [-0.05, 0) is 43.0 Å². The van der Waals surface area contributed by atoms with Gasteiger partial charge < -0.3 is 11.1 Å². The predicted molar refractivity (Wildman–Crippen MR) is 73.1 cm³/mol. The fourth-order valence-electron chi connectivity index (χ4n) is 2.63. The van der Waals surface area contributed by atoms with Gasteiger partial charge in [0.1, 0.15) is 5.82 Å². The molecule has 5 heteroatoms. The molecule has 0 aromatic heterocycles. The summed E-state index contributed by atoms with van der Waals surface area (Å²) in [6, 6.07) is 4.46. The molecule has 1 amide bonds. The van der Waals surface area contributed by atoms with Crippen LogP contribution in [0.4, 0.5) is 4.39 Å². The van der Waals surface area contributed by atoms with E-state index >= 15 is 0 Å². The first-order chi connectivity index (χ1) is 9.11. The second-order valence-electron chi connectivity index (χ2n) is 5.00. The van der Waals surface area contributed by atoms with Gasteiger partial charge in [0.05, 0.1) is 5.02 Å². The van der Waals surface area contributed by atoms with Crippen LogP contribution < -0.4 is 11.1 Å². The van der Waals surface area contributed by atoms with Crippen LogP contribution in [-0.2, 0) is 11.3 Å². The molecule has 0 bridgehead atoms. The smallest absolute Gasteiger partial charge is 0.223 e.